The lowest BCUT2D eigenvalue weighted by Gasteiger charge is -2.32. The van der Waals surface area contributed by atoms with E-state index in [1.54, 1.807) is 0 Å². The predicted octanol–water partition coefficient (Wildman–Crippen LogP) is 2.90. The van der Waals surface area contributed by atoms with Gasteiger partial charge in [-0.1, -0.05) is 30.3 Å². The second-order valence-corrected chi connectivity index (χ2v) is 4.84. The number of benzene rings is 1. The van der Waals surface area contributed by atoms with E-state index in [2.05, 4.69) is 36.3 Å². The molecule has 1 aliphatic carbocycles. The van der Waals surface area contributed by atoms with Crippen LogP contribution in [-0.2, 0) is 6.42 Å². The summed E-state index contributed by atoms with van der Waals surface area (Å²) in [5.41, 5.74) is 5.99. The van der Waals surface area contributed by atoms with Crippen molar-refractivity contribution in [1.29, 1.82) is 0 Å². The maximum atomic E-state index is 5.72. The van der Waals surface area contributed by atoms with E-state index >= 15 is 0 Å². The molecular weight excluding hydrogens is 208 g/mol. The maximum absolute atomic E-state index is 5.72. The zero-order valence-electron chi connectivity index (χ0n) is 10.4. The lowest BCUT2D eigenvalue weighted by Crippen LogP contribution is -2.40. The van der Waals surface area contributed by atoms with Gasteiger partial charge in [0.1, 0.15) is 0 Å². The molecule has 0 radical (unpaired) electrons. The quantitative estimate of drug-likeness (QED) is 0.464. The normalized spacial score (nSPS) is 20.6. The van der Waals surface area contributed by atoms with E-state index in [9.17, 15) is 0 Å². The number of allylic oxidation sites excluding steroid dienone is 1. The van der Waals surface area contributed by atoms with Gasteiger partial charge >= 0.3 is 0 Å². The highest BCUT2D eigenvalue weighted by molar-refractivity contribution is 5.33. The molecule has 1 aromatic carbocycles. The largest absolute Gasteiger partial charge is 0.271 e. The first-order chi connectivity index (χ1) is 8.36. The fourth-order valence-corrected chi connectivity index (χ4v) is 2.91. The minimum absolute atomic E-state index is 0.370. The van der Waals surface area contributed by atoms with Crippen molar-refractivity contribution in [2.24, 2.45) is 5.84 Å². The van der Waals surface area contributed by atoms with E-state index in [0.29, 0.717) is 12.0 Å². The molecule has 0 spiro atoms. The molecule has 0 bridgehead atoms. The van der Waals surface area contributed by atoms with Crippen molar-refractivity contribution in [2.45, 2.75) is 44.1 Å². The molecule has 2 rings (SSSR count). The van der Waals surface area contributed by atoms with Crippen LogP contribution < -0.4 is 11.3 Å². The van der Waals surface area contributed by atoms with E-state index in [-0.39, 0.29) is 0 Å². The fourth-order valence-electron chi connectivity index (χ4n) is 2.91. The molecule has 1 aromatic rings. The van der Waals surface area contributed by atoms with Crippen LogP contribution in [0.5, 0.6) is 0 Å². The summed E-state index contributed by atoms with van der Waals surface area (Å²) >= 11 is 0. The lowest BCUT2D eigenvalue weighted by molar-refractivity contribution is 0.380. The van der Waals surface area contributed by atoms with Crippen molar-refractivity contribution < 1.29 is 0 Å². The molecule has 92 valence electrons. The van der Waals surface area contributed by atoms with Crippen LogP contribution in [-0.4, -0.2) is 6.04 Å². The van der Waals surface area contributed by atoms with Gasteiger partial charge in [0, 0.05) is 12.0 Å². The molecule has 0 aliphatic heterocycles. The van der Waals surface area contributed by atoms with Gasteiger partial charge in [0.05, 0.1) is 0 Å². The lowest BCUT2D eigenvalue weighted by atomic mass is 9.78. The van der Waals surface area contributed by atoms with Crippen molar-refractivity contribution in [1.82, 2.24) is 5.43 Å². The molecule has 0 amide bonds. The molecular formula is C15H22N2. The van der Waals surface area contributed by atoms with Crippen LogP contribution in [0.4, 0.5) is 0 Å². The van der Waals surface area contributed by atoms with Crippen LogP contribution >= 0.6 is 0 Å². The van der Waals surface area contributed by atoms with Crippen molar-refractivity contribution in [3.63, 3.8) is 0 Å². The van der Waals surface area contributed by atoms with Crippen LogP contribution in [0.3, 0.4) is 0 Å². The monoisotopic (exact) mass is 230 g/mol. The van der Waals surface area contributed by atoms with Gasteiger partial charge < -0.3 is 0 Å². The second kappa shape index (κ2) is 5.99. The summed E-state index contributed by atoms with van der Waals surface area (Å²) in [4.78, 5) is 0. The number of rotatable bonds is 5. The first-order valence-electron chi connectivity index (χ1n) is 6.51. The minimum Gasteiger partial charge on any atom is -0.271 e. The Labute approximate surface area is 104 Å². The number of nitrogens with one attached hydrogen (secondary N) is 1. The number of aryl methyl sites for hydroxylation is 1. The third-order valence-corrected chi connectivity index (χ3v) is 3.80. The maximum Gasteiger partial charge on any atom is 0.0282 e. The van der Waals surface area contributed by atoms with Crippen LogP contribution in [0, 0.1) is 0 Å². The zero-order chi connectivity index (χ0) is 12.1. The Morgan fingerprint density at radius 1 is 1.47 bits per heavy atom. The average molecular weight is 230 g/mol. The Morgan fingerprint density at radius 2 is 2.29 bits per heavy atom. The second-order valence-electron chi connectivity index (χ2n) is 4.84. The average Bonchev–Trinajstić information content (AvgIpc) is 2.40. The summed E-state index contributed by atoms with van der Waals surface area (Å²) < 4.78 is 0. The number of nitrogens with two attached hydrogens (primary N) is 1. The highest BCUT2D eigenvalue weighted by Crippen LogP contribution is 2.34. The van der Waals surface area contributed by atoms with Gasteiger partial charge in [0.15, 0.2) is 0 Å². The van der Waals surface area contributed by atoms with Gasteiger partial charge in [0.2, 0.25) is 0 Å². The van der Waals surface area contributed by atoms with Gasteiger partial charge in [-0.15, -0.1) is 6.58 Å². The predicted molar refractivity (Wildman–Crippen MR) is 72.7 cm³/mol. The summed E-state index contributed by atoms with van der Waals surface area (Å²) in [5.74, 6) is 6.28. The molecule has 0 saturated heterocycles. The van der Waals surface area contributed by atoms with E-state index in [4.69, 9.17) is 5.84 Å². The molecule has 0 heterocycles. The Morgan fingerprint density at radius 3 is 3.06 bits per heavy atom. The molecule has 17 heavy (non-hydrogen) atoms. The summed E-state index contributed by atoms with van der Waals surface area (Å²) in [7, 11) is 0. The smallest absolute Gasteiger partial charge is 0.0282 e. The van der Waals surface area contributed by atoms with Crippen LogP contribution in [0.15, 0.2) is 36.9 Å². The van der Waals surface area contributed by atoms with Gasteiger partial charge in [-0.2, -0.15) is 0 Å². The standard InChI is InChI=1S/C15H22N2/c1-2-3-11-15(17-16)14-10-6-8-12-7-4-5-9-13(12)14/h2,4-5,7,9,14-15,17H,1,3,6,8,10-11,16H2. The molecule has 2 unspecified atom stereocenters. The van der Waals surface area contributed by atoms with Crippen LogP contribution in [0.2, 0.25) is 0 Å². The molecule has 2 heteroatoms. The number of fused-ring (bicyclic) bond motifs is 1. The molecule has 0 saturated carbocycles. The van der Waals surface area contributed by atoms with Crippen molar-refractivity contribution in [2.75, 3.05) is 0 Å². The molecule has 0 aromatic heterocycles. The Hall–Kier alpha value is -1.12. The van der Waals surface area contributed by atoms with E-state index in [1.165, 1.54) is 30.4 Å². The fraction of sp³-hybridized carbons (Fsp3) is 0.467. The van der Waals surface area contributed by atoms with Crippen LogP contribution in [0.25, 0.3) is 0 Å². The highest BCUT2D eigenvalue weighted by atomic mass is 15.2. The Balaban J connectivity index is 2.18. The van der Waals surface area contributed by atoms with Gasteiger partial charge in [-0.05, 0) is 43.2 Å². The minimum atomic E-state index is 0.370. The summed E-state index contributed by atoms with van der Waals surface area (Å²) in [6, 6.07) is 9.16. The zero-order valence-corrected chi connectivity index (χ0v) is 10.4. The number of hydrogen-bond donors (Lipinski definition) is 2. The Kier molecular flexibility index (Phi) is 4.35. The third-order valence-electron chi connectivity index (χ3n) is 3.80. The Bertz CT molecular complexity index is 373. The van der Waals surface area contributed by atoms with Gasteiger partial charge in [-0.3, -0.25) is 11.3 Å². The van der Waals surface area contributed by atoms with Gasteiger partial charge in [0.25, 0.3) is 0 Å². The summed E-state index contributed by atoms with van der Waals surface area (Å²) in [6.45, 7) is 3.79. The summed E-state index contributed by atoms with van der Waals surface area (Å²) in [5, 5.41) is 0. The van der Waals surface area contributed by atoms with Crippen molar-refractivity contribution in [3.8, 4) is 0 Å². The molecule has 2 nitrogen and oxygen atoms in total. The van der Waals surface area contributed by atoms with Crippen LogP contribution in [0.1, 0.15) is 42.7 Å². The molecule has 3 N–H and O–H groups in total. The number of hydrazine groups is 1. The highest BCUT2D eigenvalue weighted by Gasteiger charge is 2.26. The SMILES string of the molecule is C=CCCC(NN)C1CCCc2ccccc21. The summed E-state index contributed by atoms with van der Waals surface area (Å²) in [6.07, 6.45) is 7.79. The van der Waals surface area contributed by atoms with Crippen molar-refractivity contribution in [3.05, 3.63) is 48.0 Å². The van der Waals surface area contributed by atoms with Gasteiger partial charge in [-0.25, -0.2) is 0 Å². The third kappa shape index (κ3) is 2.76. The molecule has 1 aliphatic rings. The topological polar surface area (TPSA) is 38.0 Å². The number of hydrogen-bond acceptors (Lipinski definition) is 2. The molecule has 2 atom stereocenters. The van der Waals surface area contributed by atoms with Crippen molar-refractivity contribution >= 4 is 0 Å². The van der Waals surface area contributed by atoms with E-state index in [0.717, 1.165) is 12.8 Å². The first-order valence-corrected chi connectivity index (χ1v) is 6.51. The first kappa shape index (κ1) is 12.3. The van der Waals surface area contributed by atoms with E-state index in [1.807, 2.05) is 6.08 Å². The molecule has 0 fully saturated rings. The van der Waals surface area contributed by atoms with E-state index < -0.39 is 0 Å².